The summed E-state index contributed by atoms with van der Waals surface area (Å²) in [6.07, 6.45) is 1.61. The Balaban J connectivity index is 2.73. The molecule has 0 radical (unpaired) electrons. The molecule has 0 saturated carbocycles. The molecule has 0 aliphatic rings. The zero-order valence-electron chi connectivity index (χ0n) is 17.4. The zero-order chi connectivity index (χ0) is 20.3. The summed E-state index contributed by atoms with van der Waals surface area (Å²) in [6.45, 7) is 17.0. The van der Waals surface area contributed by atoms with Crippen LogP contribution in [0.5, 0.6) is 5.75 Å². The van der Waals surface area contributed by atoms with Gasteiger partial charge in [0.25, 0.3) is 0 Å². The first-order valence-electron chi connectivity index (χ1n) is 9.33. The highest BCUT2D eigenvalue weighted by Crippen LogP contribution is 2.36. The van der Waals surface area contributed by atoms with Gasteiger partial charge in [-0.05, 0) is 31.0 Å². The fraction of sp³-hybridized carbons (Fsp3) is 0.700. The molecule has 0 aromatic carbocycles. The Kier molecular flexibility index (Phi) is 7.42. The molecule has 0 saturated heterocycles. The van der Waals surface area contributed by atoms with Crippen molar-refractivity contribution in [3.05, 3.63) is 27.8 Å². The molecule has 0 fully saturated rings. The van der Waals surface area contributed by atoms with E-state index in [2.05, 4.69) is 33.9 Å². The lowest BCUT2D eigenvalue weighted by Crippen LogP contribution is -2.41. The van der Waals surface area contributed by atoms with Gasteiger partial charge in [0.2, 0.25) is 0 Å². The molecule has 6 heteroatoms. The van der Waals surface area contributed by atoms with Crippen molar-refractivity contribution < 1.29 is 18.7 Å². The minimum Gasteiger partial charge on any atom is -0.507 e. The molecule has 1 aromatic rings. The topological polar surface area (TPSA) is 76.7 Å². The monoisotopic (exact) mass is 382 g/mol. The van der Waals surface area contributed by atoms with Gasteiger partial charge in [0, 0.05) is 24.5 Å². The Bertz CT molecular complexity index is 682. The number of carbonyl (C=O) groups excluding carboxylic acids is 1. The minimum atomic E-state index is -1.76. The number of Topliss-reactive ketones (excluding diaryl/α,β-unsaturated/α-hetero) is 1. The van der Waals surface area contributed by atoms with E-state index in [0.29, 0.717) is 12.4 Å². The number of rotatable bonds is 8. The van der Waals surface area contributed by atoms with Crippen molar-refractivity contribution in [3.63, 3.8) is 0 Å². The molecule has 1 atom stereocenters. The third-order valence-electron chi connectivity index (χ3n) is 5.26. The molecule has 1 rings (SSSR count). The summed E-state index contributed by atoms with van der Waals surface area (Å²) in [5, 5.41) is 10.3. The summed E-state index contributed by atoms with van der Waals surface area (Å²) < 4.78 is 11.5. The summed E-state index contributed by atoms with van der Waals surface area (Å²) in [7, 11) is -1.76. The highest BCUT2D eigenvalue weighted by atomic mass is 28.4. The van der Waals surface area contributed by atoms with Crippen LogP contribution in [0.2, 0.25) is 18.1 Å². The van der Waals surface area contributed by atoms with Crippen LogP contribution in [0, 0.1) is 5.92 Å². The molecule has 26 heavy (non-hydrogen) atoms. The predicted molar refractivity (Wildman–Crippen MR) is 107 cm³/mol. The summed E-state index contributed by atoms with van der Waals surface area (Å²) in [5.74, 6) is -0.711. The van der Waals surface area contributed by atoms with Crippen LogP contribution in [-0.4, -0.2) is 25.8 Å². The zero-order valence-corrected chi connectivity index (χ0v) is 18.4. The van der Waals surface area contributed by atoms with Crippen molar-refractivity contribution in [2.45, 2.75) is 78.4 Å². The van der Waals surface area contributed by atoms with Gasteiger partial charge in [-0.3, -0.25) is 4.79 Å². The van der Waals surface area contributed by atoms with Crippen molar-refractivity contribution in [2.75, 3.05) is 6.61 Å². The average molecular weight is 383 g/mol. The van der Waals surface area contributed by atoms with Crippen molar-refractivity contribution >= 4 is 14.1 Å². The molecular weight excluding hydrogens is 348 g/mol. The maximum atomic E-state index is 12.1. The fourth-order valence-electron chi connectivity index (χ4n) is 2.33. The van der Waals surface area contributed by atoms with Crippen LogP contribution in [0.1, 0.15) is 76.4 Å². The second-order valence-corrected chi connectivity index (χ2v) is 13.7. The van der Waals surface area contributed by atoms with Crippen molar-refractivity contribution in [3.8, 4) is 5.75 Å². The first-order chi connectivity index (χ1) is 11.8. The van der Waals surface area contributed by atoms with Gasteiger partial charge < -0.3 is 13.9 Å². The van der Waals surface area contributed by atoms with E-state index in [1.165, 1.54) is 6.07 Å². The summed E-state index contributed by atoms with van der Waals surface area (Å²) >= 11 is 0. The van der Waals surface area contributed by atoms with Gasteiger partial charge in [-0.2, -0.15) is 0 Å². The van der Waals surface area contributed by atoms with Crippen LogP contribution in [-0.2, 0) is 4.43 Å². The number of aromatic hydroxyl groups is 1. The molecule has 5 nitrogen and oxygen atoms in total. The lowest BCUT2D eigenvalue weighted by Gasteiger charge is -2.36. The molecule has 0 spiro atoms. The largest absolute Gasteiger partial charge is 0.507 e. The highest BCUT2D eigenvalue weighted by Gasteiger charge is 2.36. The van der Waals surface area contributed by atoms with Gasteiger partial charge >= 0.3 is 5.63 Å². The van der Waals surface area contributed by atoms with E-state index in [9.17, 15) is 14.7 Å². The van der Waals surface area contributed by atoms with Crippen molar-refractivity contribution in [1.82, 2.24) is 0 Å². The summed E-state index contributed by atoms with van der Waals surface area (Å²) in [5.41, 5.74) is -1.01. The smallest absolute Gasteiger partial charge is 0.350 e. The van der Waals surface area contributed by atoms with Gasteiger partial charge in [0.1, 0.15) is 17.1 Å². The van der Waals surface area contributed by atoms with Gasteiger partial charge in [-0.25, -0.2) is 4.79 Å². The van der Waals surface area contributed by atoms with E-state index in [0.717, 1.165) is 12.8 Å². The SMILES string of the molecule is CC(C)C(=O)c1c(O)cc(C(C)CCCO[Si](C)(C)C(C)(C)C)oc1=O. The first kappa shape index (κ1) is 22.6. The summed E-state index contributed by atoms with van der Waals surface area (Å²) in [4.78, 5) is 24.1. The van der Waals surface area contributed by atoms with Gasteiger partial charge in [-0.15, -0.1) is 0 Å². The fourth-order valence-corrected chi connectivity index (χ4v) is 3.42. The maximum Gasteiger partial charge on any atom is 0.350 e. The number of carbonyl (C=O) groups is 1. The van der Waals surface area contributed by atoms with E-state index in [4.69, 9.17) is 8.84 Å². The molecule has 1 unspecified atom stereocenters. The third kappa shape index (κ3) is 5.55. The molecule has 1 heterocycles. The van der Waals surface area contributed by atoms with Crippen LogP contribution < -0.4 is 5.63 Å². The lowest BCUT2D eigenvalue weighted by molar-refractivity contribution is 0.0931. The molecule has 1 aromatic heterocycles. The van der Waals surface area contributed by atoms with Crippen LogP contribution >= 0.6 is 0 Å². The lowest BCUT2D eigenvalue weighted by atomic mass is 9.99. The molecule has 1 N–H and O–H groups in total. The Morgan fingerprint density at radius 2 is 1.85 bits per heavy atom. The van der Waals surface area contributed by atoms with Crippen LogP contribution in [0.15, 0.2) is 15.3 Å². The van der Waals surface area contributed by atoms with Gasteiger partial charge in [0.05, 0.1) is 0 Å². The first-order valence-corrected chi connectivity index (χ1v) is 12.2. The molecule has 0 bridgehead atoms. The van der Waals surface area contributed by atoms with E-state index in [1.54, 1.807) is 13.8 Å². The Morgan fingerprint density at radius 1 is 1.27 bits per heavy atom. The third-order valence-corrected chi connectivity index (χ3v) is 9.80. The van der Waals surface area contributed by atoms with E-state index >= 15 is 0 Å². The second-order valence-electron chi connectivity index (χ2n) is 8.87. The van der Waals surface area contributed by atoms with Gasteiger partial charge in [0.15, 0.2) is 14.1 Å². The Labute approximate surface area is 157 Å². The Morgan fingerprint density at radius 3 is 2.31 bits per heavy atom. The van der Waals surface area contributed by atoms with E-state index in [-0.39, 0.29) is 28.2 Å². The normalized spacial score (nSPS) is 13.9. The van der Waals surface area contributed by atoms with Crippen LogP contribution in [0.3, 0.4) is 0 Å². The molecule has 0 aliphatic heterocycles. The molecule has 0 amide bonds. The van der Waals surface area contributed by atoms with E-state index < -0.39 is 19.7 Å². The van der Waals surface area contributed by atoms with Crippen LogP contribution in [0.4, 0.5) is 0 Å². The quantitative estimate of drug-likeness (QED) is 0.385. The minimum absolute atomic E-state index is 0.0418. The molecule has 148 valence electrons. The van der Waals surface area contributed by atoms with E-state index in [1.807, 2.05) is 6.92 Å². The number of hydrogen-bond donors (Lipinski definition) is 1. The Hall–Kier alpha value is -1.40. The van der Waals surface area contributed by atoms with Crippen LogP contribution in [0.25, 0.3) is 0 Å². The van der Waals surface area contributed by atoms with Gasteiger partial charge in [-0.1, -0.05) is 41.5 Å². The molecule has 0 aliphatic carbocycles. The van der Waals surface area contributed by atoms with Crippen molar-refractivity contribution in [2.24, 2.45) is 5.92 Å². The predicted octanol–water partition coefficient (Wildman–Crippen LogP) is 5.09. The second kappa shape index (κ2) is 8.52. The highest BCUT2D eigenvalue weighted by molar-refractivity contribution is 6.74. The number of hydrogen-bond acceptors (Lipinski definition) is 5. The number of ketones is 1. The van der Waals surface area contributed by atoms with Crippen molar-refractivity contribution in [1.29, 1.82) is 0 Å². The molecular formula is C20H34O5Si. The summed E-state index contributed by atoms with van der Waals surface area (Å²) in [6, 6.07) is 1.40. The standard InChI is InChI=1S/C20H34O5Si/c1-13(2)18(22)17-15(21)12-16(25-19(17)23)14(3)10-9-11-24-26(7,8)20(4,5)6/h12-14,21H,9-11H2,1-8H3. The maximum absolute atomic E-state index is 12.1. The average Bonchev–Trinajstić information content (AvgIpc) is 2.49.